The van der Waals surface area contributed by atoms with Crippen LogP contribution in [0.2, 0.25) is 10.0 Å². The van der Waals surface area contributed by atoms with Crippen LogP contribution >= 0.6 is 23.2 Å². The maximum Gasteiger partial charge on any atom is 0.254 e. The summed E-state index contributed by atoms with van der Waals surface area (Å²) in [5.74, 6) is 0.269. The van der Waals surface area contributed by atoms with Crippen LogP contribution in [0, 0.1) is 0 Å². The van der Waals surface area contributed by atoms with Crippen molar-refractivity contribution >= 4 is 40.7 Å². The van der Waals surface area contributed by atoms with Gasteiger partial charge < -0.3 is 19.7 Å². The molecule has 0 radical (unpaired) electrons. The lowest BCUT2D eigenvalue weighted by Gasteiger charge is -2.18. The third kappa shape index (κ3) is 4.80. The number of likely N-dealkylation sites (N-methyl/N-ethyl adjacent to an activating group) is 1. The topological polar surface area (TPSA) is 67.9 Å². The molecular weight excluding hydrogens is 379 g/mol. The van der Waals surface area contributed by atoms with Crippen molar-refractivity contribution in [1.29, 1.82) is 0 Å². The van der Waals surface area contributed by atoms with Gasteiger partial charge in [-0.2, -0.15) is 0 Å². The van der Waals surface area contributed by atoms with Crippen LogP contribution in [-0.4, -0.2) is 44.5 Å². The van der Waals surface area contributed by atoms with Gasteiger partial charge in [0.2, 0.25) is 5.91 Å². The first-order valence-electron chi connectivity index (χ1n) is 7.58. The van der Waals surface area contributed by atoms with E-state index in [1.165, 1.54) is 32.2 Å². The van der Waals surface area contributed by atoms with E-state index in [1.807, 2.05) is 0 Å². The van der Waals surface area contributed by atoms with E-state index >= 15 is 0 Å². The standard InChI is InChI=1S/C18H18Cl2N2O4/c1-22(10-17(23)21-12-5-6-13(19)14(20)9-12)18(24)11-4-7-15(25-2)16(8-11)26-3/h4-9H,10H2,1-3H3,(H,21,23). The summed E-state index contributed by atoms with van der Waals surface area (Å²) < 4.78 is 10.3. The Kier molecular flexibility index (Phi) is 6.71. The summed E-state index contributed by atoms with van der Waals surface area (Å²) in [4.78, 5) is 26.0. The predicted octanol–water partition coefficient (Wildman–Crippen LogP) is 3.72. The number of rotatable bonds is 6. The number of amides is 2. The minimum atomic E-state index is -0.361. The third-order valence-corrected chi connectivity index (χ3v) is 4.30. The zero-order valence-corrected chi connectivity index (χ0v) is 16.0. The van der Waals surface area contributed by atoms with Gasteiger partial charge in [-0.25, -0.2) is 0 Å². The van der Waals surface area contributed by atoms with Crippen LogP contribution in [0.25, 0.3) is 0 Å². The molecule has 6 nitrogen and oxygen atoms in total. The number of nitrogens with zero attached hydrogens (tertiary/aromatic N) is 1. The zero-order valence-electron chi connectivity index (χ0n) is 14.5. The SMILES string of the molecule is COc1ccc(C(=O)N(C)CC(=O)Nc2ccc(Cl)c(Cl)c2)cc1OC. The third-order valence-electron chi connectivity index (χ3n) is 3.56. The van der Waals surface area contributed by atoms with Crippen molar-refractivity contribution < 1.29 is 19.1 Å². The molecule has 0 aliphatic carbocycles. The number of carbonyl (C=O) groups excluding carboxylic acids is 2. The molecule has 2 aromatic rings. The Balaban J connectivity index is 2.04. The van der Waals surface area contributed by atoms with Gasteiger partial charge in [0.1, 0.15) is 0 Å². The molecule has 2 rings (SSSR count). The highest BCUT2D eigenvalue weighted by molar-refractivity contribution is 6.42. The van der Waals surface area contributed by atoms with Crippen molar-refractivity contribution in [1.82, 2.24) is 4.90 Å². The number of nitrogens with one attached hydrogen (secondary N) is 1. The molecule has 2 amide bonds. The van der Waals surface area contributed by atoms with Crippen LogP contribution in [0.1, 0.15) is 10.4 Å². The smallest absolute Gasteiger partial charge is 0.254 e. The number of ether oxygens (including phenoxy) is 2. The van der Waals surface area contributed by atoms with Gasteiger partial charge in [0, 0.05) is 18.3 Å². The Labute approximate surface area is 161 Å². The number of hydrogen-bond acceptors (Lipinski definition) is 4. The molecule has 0 saturated heterocycles. The molecule has 2 aromatic carbocycles. The minimum absolute atomic E-state index is 0.132. The molecule has 0 aromatic heterocycles. The summed E-state index contributed by atoms with van der Waals surface area (Å²) >= 11 is 11.8. The summed E-state index contributed by atoms with van der Waals surface area (Å²) in [5, 5.41) is 3.39. The van der Waals surface area contributed by atoms with Crippen molar-refractivity contribution in [2.45, 2.75) is 0 Å². The number of hydrogen-bond donors (Lipinski definition) is 1. The Morgan fingerprint density at radius 1 is 1.00 bits per heavy atom. The lowest BCUT2D eigenvalue weighted by atomic mass is 10.1. The molecule has 8 heteroatoms. The molecule has 0 unspecified atom stereocenters. The summed E-state index contributed by atoms with van der Waals surface area (Å²) in [7, 11) is 4.53. The summed E-state index contributed by atoms with van der Waals surface area (Å²) in [5.41, 5.74) is 0.879. The van der Waals surface area contributed by atoms with E-state index in [-0.39, 0.29) is 18.4 Å². The van der Waals surface area contributed by atoms with E-state index in [2.05, 4.69) is 5.32 Å². The molecule has 0 heterocycles. The average Bonchev–Trinajstić information content (AvgIpc) is 2.63. The van der Waals surface area contributed by atoms with Crippen molar-refractivity contribution in [3.63, 3.8) is 0 Å². The predicted molar refractivity (Wildman–Crippen MR) is 102 cm³/mol. The van der Waals surface area contributed by atoms with E-state index in [9.17, 15) is 9.59 Å². The Morgan fingerprint density at radius 2 is 1.69 bits per heavy atom. The van der Waals surface area contributed by atoms with Crippen molar-refractivity contribution in [2.24, 2.45) is 0 Å². The largest absolute Gasteiger partial charge is 0.493 e. The van der Waals surface area contributed by atoms with Crippen molar-refractivity contribution in [3.8, 4) is 11.5 Å². The molecule has 0 aliphatic rings. The van der Waals surface area contributed by atoms with E-state index in [0.717, 1.165) is 0 Å². The fourth-order valence-corrected chi connectivity index (χ4v) is 2.55. The fraction of sp³-hybridized carbons (Fsp3) is 0.222. The maximum absolute atomic E-state index is 12.5. The Hall–Kier alpha value is -2.44. The molecule has 0 spiro atoms. The fourth-order valence-electron chi connectivity index (χ4n) is 2.25. The first kappa shape index (κ1) is 19.9. The monoisotopic (exact) mass is 396 g/mol. The van der Waals surface area contributed by atoms with E-state index in [1.54, 1.807) is 30.3 Å². The van der Waals surface area contributed by atoms with Crippen LogP contribution in [0.4, 0.5) is 5.69 Å². The van der Waals surface area contributed by atoms with Crippen molar-refractivity contribution in [2.75, 3.05) is 33.1 Å². The van der Waals surface area contributed by atoms with Crippen LogP contribution in [-0.2, 0) is 4.79 Å². The number of methoxy groups -OCH3 is 2. The Morgan fingerprint density at radius 3 is 2.31 bits per heavy atom. The molecule has 0 saturated carbocycles. The molecular formula is C18H18Cl2N2O4. The van der Waals surface area contributed by atoms with E-state index < -0.39 is 0 Å². The van der Waals surface area contributed by atoms with Gasteiger partial charge >= 0.3 is 0 Å². The second-order valence-electron chi connectivity index (χ2n) is 5.41. The van der Waals surface area contributed by atoms with Gasteiger partial charge in [-0.15, -0.1) is 0 Å². The van der Waals surface area contributed by atoms with Crippen LogP contribution in [0.15, 0.2) is 36.4 Å². The van der Waals surface area contributed by atoms with Gasteiger partial charge in [-0.05, 0) is 36.4 Å². The second kappa shape index (κ2) is 8.78. The molecule has 0 fully saturated rings. The number of benzene rings is 2. The minimum Gasteiger partial charge on any atom is -0.493 e. The van der Waals surface area contributed by atoms with Gasteiger partial charge in [0.05, 0.1) is 30.8 Å². The molecule has 1 N–H and O–H groups in total. The molecule has 0 aliphatic heterocycles. The van der Waals surface area contributed by atoms with Gasteiger partial charge in [-0.1, -0.05) is 23.2 Å². The molecule has 138 valence electrons. The van der Waals surface area contributed by atoms with Gasteiger partial charge in [0.15, 0.2) is 11.5 Å². The maximum atomic E-state index is 12.5. The van der Waals surface area contributed by atoms with Crippen LogP contribution < -0.4 is 14.8 Å². The molecule has 26 heavy (non-hydrogen) atoms. The Bertz CT molecular complexity index is 827. The molecule has 0 bridgehead atoms. The summed E-state index contributed by atoms with van der Waals surface area (Å²) in [6.07, 6.45) is 0. The normalized spacial score (nSPS) is 10.2. The van der Waals surface area contributed by atoms with Crippen LogP contribution in [0.3, 0.4) is 0 Å². The van der Waals surface area contributed by atoms with Crippen LogP contribution in [0.5, 0.6) is 11.5 Å². The lowest BCUT2D eigenvalue weighted by Crippen LogP contribution is -2.34. The van der Waals surface area contributed by atoms with Gasteiger partial charge in [-0.3, -0.25) is 9.59 Å². The van der Waals surface area contributed by atoms with Crippen molar-refractivity contribution in [3.05, 3.63) is 52.0 Å². The highest BCUT2D eigenvalue weighted by atomic mass is 35.5. The second-order valence-corrected chi connectivity index (χ2v) is 6.22. The lowest BCUT2D eigenvalue weighted by molar-refractivity contribution is -0.116. The summed E-state index contributed by atoms with van der Waals surface area (Å²) in [6.45, 7) is -0.132. The number of anilines is 1. The van der Waals surface area contributed by atoms with Gasteiger partial charge in [0.25, 0.3) is 5.91 Å². The first-order valence-corrected chi connectivity index (χ1v) is 8.33. The average molecular weight is 397 g/mol. The highest BCUT2D eigenvalue weighted by Crippen LogP contribution is 2.28. The van der Waals surface area contributed by atoms with E-state index in [4.69, 9.17) is 32.7 Å². The number of halogens is 2. The number of carbonyl (C=O) groups is 2. The van der Waals surface area contributed by atoms with E-state index in [0.29, 0.717) is 32.8 Å². The quantitative estimate of drug-likeness (QED) is 0.807. The molecule has 0 atom stereocenters. The highest BCUT2D eigenvalue weighted by Gasteiger charge is 2.17. The zero-order chi connectivity index (χ0) is 19.3. The summed E-state index contributed by atoms with van der Waals surface area (Å²) in [6, 6.07) is 9.56. The first-order chi connectivity index (χ1) is 12.3.